The van der Waals surface area contributed by atoms with Crippen LogP contribution in [-0.4, -0.2) is 18.1 Å². The fourth-order valence-corrected chi connectivity index (χ4v) is 3.04. The molecule has 0 fully saturated rings. The first kappa shape index (κ1) is 15.1. The lowest BCUT2D eigenvalue weighted by Gasteiger charge is -2.16. The molecular weight excluding hydrogens is 316 g/mol. The molecule has 0 bridgehead atoms. The van der Waals surface area contributed by atoms with Crippen LogP contribution in [0.3, 0.4) is 0 Å². The van der Waals surface area contributed by atoms with Crippen LogP contribution in [0.4, 0.5) is 0 Å². The fourth-order valence-electron chi connectivity index (χ4n) is 3.04. The number of nitrogens with two attached hydrogens (primary N) is 1. The predicted molar refractivity (Wildman–Crippen MR) is 92.5 cm³/mol. The number of fused-ring (bicyclic) bond motifs is 2. The third kappa shape index (κ3) is 2.46. The number of pyridine rings is 1. The van der Waals surface area contributed by atoms with Crippen LogP contribution >= 0.6 is 0 Å². The lowest BCUT2D eigenvalue weighted by Crippen LogP contribution is -2.44. The standard InChI is InChI=1S/C20H14N2O3/c1-24-20(23)14-5-3-2-4-13(14)19-15-7-6-12(21)10-17(15)25-18-11-22-9-8-16(18)19/h2-11,21H,1H3/p+1. The second kappa shape index (κ2) is 5.87. The average Bonchev–Trinajstić information content (AvgIpc) is 2.65. The molecule has 0 spiro atoms. The number of aromatic nitrogens is 1. The van der Waals surface area contributed by atoms with Gasteiger partial charge in [0.25, 0.3) is 0 Å². The molecule has 2 aliphatic rings. The Morgan fingerprint density at radius 2 is 1.96 bits per heavy atom. The second-order valence-corrected chi connectivity index (χ2v) is 5.64. The number of carbonyl (C=O) groups is 1. The number of methoxy groups -OCH3 is 1. The molecule has 0 saturated heterocycles. The quantitative estimate of drug-likeness (QED) is 0.450. The molecule has 0 atom stereocenters. The van der Waals surface area contributed by atoms with Crippen molar-refractivity contribution in [3.05, 3.63) is 71.8 Å². The minimum Gasteiger partial charge on any atom is -0.465 e. The summed E-state index contributed by atoms with van der Waals surface area (Å²) in [7, 11) is 1.38. The molecule has 5 nitrogen and oxygen atoms in total. The van der Waals surface area contributed by atoms with E-state index in [2.05, 4.69) is 4.98 Å². The van der Waals surface area contributed by atoms with E-state index < -0.39 is 0 Å². The number of carbonyl (C=O) groups excluding carboxylic acids is 1. The molecule has 1 aromatic heterocycles. The van der Waals surface area contributed by atoms with Crippen molar-refractivity contribution in [2.24, 2.45) is 0 Å². The molecule has 2 heterocycles. The molecule has 2 N–H and O–H groups in total. The van der Waals surface area contributed by atoms with Crippen molar-refractivity contribution in [1.29, 1.82) is 0 Å². The Balaban J connectivity index is 2.18. The van der Waals surface area contributed by atoms with E-state index in [0.29, 0.717) is 22.3 Å². The zero-order valence-electron chi connectivity index (χ0n) is 13.5. The zero-order chi connectivity index (χ0) is 17.4. The monoisotopic (exact) mass is 331 g/mol. The van der Waals surface area contributed by atoms with Gasteiger partial charge in [0.15, 0.2) is 10.9 Å². The van der Waals surface area contributed by atoms with E-state index in [0.717, 1.165) is 22.1 Å². The maximum atomic E-state index is 12.3. The Kier molecular flexibility index (Phi) is 3.54. The maximum absolute atomic E-state index is 12.3. The lowest BCUT2D eigenvalue weighted by atomic mass is 9.91. The third-order valence-electron chi connectivity index (χ3n) is 4.15. The van der Waals surface area contributed by atoms with Gasteiger partial charge in [-0.25, -0.2) is 4.79 Å². The molecule has 4 rings (SSSR count). The molecular formula is C20H15N2O3+. The largest absolute Gasteiger partial charge is 0.465 e. The van der Waals surface area contributed by atoms with Gasteiger partial charge in [-0.05, 0) is 23.8 Å². The Labute approximate surface area is 143 Å². The minimum atomic E-state index is -0.387. The number of hydrogen-bond acceptors (Lipinski definition) is 4. The number of esters is 1. The summed E-state index contributed by atoms with van der Waals surface area (Å²) in [6.07, 6.45) is 3.35. The summed E-state index contributed by atoms with van der Waals surface area (Å²) in [5, 5.41) is 7.37. The summed E-state index contributed by atoms with van der Waals surface area (Å²) in [5.74, 6) is 0.248. The highest BCUT2D eigenvalue weighted by Crippen LogP contribution is 2.40. The van der Waals surface area contributed by atoms with E-state index in [-0.39, 0.29) is 5.97 Å². The summed E-state index contributed by atoms with van der Waals surface area (Å²) in [4.78, 5) is 16.4. The molecule has 0 unspecified atom stereocenters. The zero-order valence-corrected chi connectivity index (χ0v) is 13.5. The van der Waals surface area contributed by atoms with Crippen molar-refractivity contribution in [1.82, 2.24) is 4.98 Å². The summed E-state index contributed by atoms with van der Waals surface area (Å²) in [6, 6.07) is 14.7. The van der Waals surface area contributed by atoms with Gasteiger partial charge >= 0.3 is 5.97 Å². The van der Waals surface area contributed by atoms with Crippen LogP contribution in [0.15, 0.2) is 65.3 Å². The summed E-state index contributed by atoms with van der Waals surface area (Å²) >= 11 is 0. The molecule has 25 heavy (non-hydrogen) atoms. The predicted octanol–water partition coefficient (Wildman–Crippen LogP) is 2.05. The van der Waals surface area contributed by atoms with Crippen LogP contribution in [-0.2, 0) is 4.74 Å². The van der Waals surface area contributed by atoms with Gasteiger partial charge in [0.2, 0.25) is 0 Å². The number of ether oxygens (including phenoxy) is 1. The van der Waals surface area contributed by atoms with Crippen LogP contribution in [0, 0.1) is 0 Å². The van der Waals surface area contributed by atoms with E-state index in [4.69, 9.17) is 14.6 Å². The van der Waals surface area contributed by atoms with Crippen molar-refractivity contribution in [3.8, 4) is 22.5 Å². The number of hydrogen-bond donors (Lipinski definition) is 1. The molecule has 122 valence electrons. The van der Waals surface area contributed by atoms with Gasteiger partial charge < -0.3 is 9.15 Å². The van der Waals surface area contributed by atoms with Gasteiger partial charge in [-0.1, -0.05) is 18.2 Å². The number of benzene rings is 2. The first-order chi connectivity index (χ1) is 12.2. The molecule has 2 aromatic rings. The van der Waals surface area contributed by atoms with Crippen LogP contribution in [0.25, 0.3) is 33.4 Å². The highest BCUT2D eigenvalue weighted by molar-refractivity contribution is 6.07. The molecule has 5 heteroatoms. The van der Waals surface area contributed by atoms with E-state index >= 15 is 0 Å². The lowest BCUT2D eigenvalue weighted by molar-refractivity contribution is -0.172. The van der Waals surface area contributed by atoms with Gasteiger partial charge in [0, 0.05) is 28.8 Å². The van der Waals surface area contributed by atoms with Crippen LogP contribution in [0.1, 0.15) is 10.4 Å². The summed E-state index contributed by atoms with van der Waals surface area (Å²) in [6.45, 7) is 0. The van der Waals surface area contributed by atoms with Crippen molar-refractivity contribution in [3.63, 3.8) is 0 Å². The van der Waals surface area contributed by atoms with Gasteiger partial charge in [-0.3, -0.25) is 10.4 Å². The van der Waals surface area contributed by atoms with Crippen LogP contribution in [0.2, 0.25) is 0 Å². The van der Waals surface area contributed by atoms with Crippen molar-refractivity contribution >= 4 is 16.9 Å². The van der Waals surface area contributed by atoms with E-state index in [1.807, 2.05) is 36.4 Å². The van der Waals surface area contributed by atoms with Gasteiger partial charge in [-0.2, -0.15) is 0 Å². The van der Waals surface area contributed by atoms with E-state index in [9.17, 15) is 4.79 Å². The Hall–Kier alpha value is -3.47. The number of rotatable bonds is 2. The molecule has 0 radical (unpaired) electrons. The van der Waals surface area contributed by atoms with Gasteiger partial charge in [0.1, 0.15) is 5.76 Å². The average molecular weight is 331 g/mol. The summed E-state index contributed by atoms with van der Waals surface area (Å²) < 4.78 is 10.9. The van der Waals surface area contributed by atoms with Crippen molar-refractivity contribution in [2.45, 2.75) is 0 Å². The van der Waals surface area contributed by atoms with Gasteiger partial charge in [-0.15, -0.1) is 0 Å². The third-order valence-corrected chi connectivity index (χ3v) is 4.15. The smallest absolute Gasteiger partial charge is 0.338 e. The maximum Gasteiger partial charge on any atom is 0.338 e. The van der Waals surface area contributed by atoms with Crippen molar-refractivity contribution in [2.75, 3.05) is 7.11 Å². The van der Waals surface area contributed by atoms with Crippen LogP contribution in [0.5, 0.6) is 0 Å². The second-order valence-electron chi connectivity index (χ2n) is 5.64. The fraction of sp³-hybridized carbons (Fsp3) is 0.0500. The highest BCUT2D eigenvalue weighted by atomic mass is 16.5. The van der Waals surface area contributed by atoms with Crippen LogP contribution < -0.4 is 10.8 Å². The van der Waals surface area contributed by atoms with Gasteiger partial charge in [0.05, 0.1) is 24.9 Å². The van der Waals surface area contributed by atoms with Crippen molar-refractivity contribution < 1.29 is 19.4 Å². The first-order valence-electron chi connectivity index (χ1n) is 7.76. The Morgan fingerprint density at radius 1 is 1.12 bits per heavy atom. The van der Waals surface area contributed by atoms with E-state index in [1.165, 1.54) is 7.11 Å². The summed E-state index contributed by atoms with van der Waals surface area (Å²) in [5.41, 5.74) is 3.64. The Bertz CT molecular complexity index is 1130. The Morgan fingerprint density at radius 3 is 2.80 bits per heavy atom. The molecule has 1 aliphatic heterocycles. The molecule has 0 amide bonds. The molecule has 1 aliphatic carbocycles. The highest BCUT2D eigenvalue weighted by Gasteiger charge is 2.21. The van der Waals surface area contributed by atoms with E-state index in [1.54, 1.807) is 24.5 Å². The SMILES string of the molecule is COC(=O)c1ccccc1-c1c2ccc(=[NH2+])cc-2oc2cnccc12. The topological polar surface area (TPSA) is 77.9 Å². The minimum absolute atomic E-state index is 0.387. The first-order valence-corrected chi connectivity index (χ1v) is 7.76. The molecule has 1 aromatic carbocycles. The molecule has 0 saturated carbocycles. The normalized spacial score (nSPS) is 10.9. The number of nitrogens with zero attached hydrogens (tertiary/aromatic N) is 1.